The summed E-state index contributed by atoms with van der Waals surface area (Å²) in [5.41, 5.74) is 1.51. The lowest BCUT2D eigenvalue weighted by Gasteiger charge is -2.37. The molecule has 0 N–H and O–H groups in total. The smallest absolute Gasteiger partial charge is 0.456 e. The molecule has 1 atom stereocenters. The number of ketones is 1. The Kier molecular flexibility index (Phi) is 9.26. The van der Waals surface area contributed by atoms with E-state index in [1.54, 1.807) is 51.1 Å². The third-order valence-electron chi connectivity index (χ3n) is 9.39. The molecule has 3 aromatic carbocycles. The summed E-state index contributed by atoms with van der Waals surface area (Å²) in [4.78, 5) is 42.6. The minimum absolute atomic E-state index is 0.0242. The summed E-state index contributed by atoms with van der Waals surface area (Å²) >= 11 is 5.97. The molecule has 3 heterocycles. The van der Waals surface area contributed by atoms with Gasteiger partial charge in [0, 0.05) is 13.0 Å². The van der Waals surface area contributed by atoms with Gasteiger partial charge in [0.1, 0.15) is 17.3 Å². The molecule has 10 nitrogen and oxygen atoms in total. The summed E-state index contributed by atoms with van der Waals surface area (Å²) in [7, 11) is -0.666. The fraction of sp³-hybridized carbons (Fsp3) is 0.378. The van der Waals surface area contributed by atoms with Gasteiger partial charge in [-0.1, -0.05) is 53.2 Å². The zero-order chi connectivity index (χ0) is 36.2. The zero-order valence-electron chi connectivity index (χ0n) is 29.1. The molecule has 260 valence electrons. The van der Waals surface area contributed by atoms with Crippen LogP contribution in [0.25, 0.3) is 5.69 Å². The van der Waals surface area contributed by atoms with Crippen molar-refractivity contribution in [2.24, 2.45) is 0 Å². The third-order valence-corrected chi connectivity index (χ3v) is 9.68. The third kappa shape index (κ3) is 6.84. The molecule has 2 aliphatic rings. The number of carbonyl (C=O) groups excluding carboxylic acids is 3. The molecular weight excluding hydrogens is 662 g/mol. The maximum Gasteiger partial charge on any atom is 0.495 e. The SMILES string of the molecule is CC(C)(C)OC(=O)c1ccc(CC(=O)C2c3cccc(B4OC(C)(C)C(C)(C)O4)c3CCN2C(=O)c2cn(-c3cccc(Cl)c3F)nn2)cc1. The molecule has 1 amide bonds. The first-order valence-corrected chi connectivity index (χ1v) is 16.8. The summed E-state index contributed by atoms with van der Waals surface area (Å²) < 4.78 is 34.2. The molecule has 2 aliphatic heterocycles. The number of nitrogens with zero attached hydrogens (tertiary/aromatic N) is 4. The Morgan fingerprint density at radius 3 is 2.32 bits per heavy atom. The molecule has 4 aromatic rings. The van der Waals surface area contributed by atoms with Gasteiger partial charge in [-0.15, -0.1) is 5.10 Å². The number of hydrogen-bond acceptors (Lipinski definition) is 8. The van der Waals surface area contributed by atoms with Crippen LogP contribution >= 0.6 is 11.6 Å². The Morgan fingerprint density at radius 1 is 1.00 bits per heavy atom. The number of esters is 1. The Bertz CT molecular complexity index is 1960. The Morgan fingerprint density at radius 2 is 1.66 bits per heavy atom. The fourth-order valence-corrected chi connectivity index (χ4v) is 6.31. The summed E-state index contributed by atoms with van der Waals surface area (Å²) in [6, 6.07) is 15.7. The number of hydrogen-bond donors (Lipinski definition) is 0. The van der Waals surface area contributed by atoms with Crippen molar-refractivity contribution in [3.05, 3.63) is 106 Å². The normalized spacial score (nSPS) is 18.1. The predicted octanol–water partition coefficient (Wildman–Crippen LogP) is 5.87. The van der Waals surface area contributed by atoms with E-state index in [0.717, 1.165) is 15.7 Å². The number of rotatable bonds is 7. The minimum Gasteiger partial charge on any atom is -0.456 e. The number of ether oxygens (including phenoxy) is 1. The van der Waals surface area contributed by atoms with Crippen LogP contribution in [0.5, 0.6) is 0 Å². The maximum absolute atomic E-state index is 14.8. The first-order valence-electron chi connectivity index (χ1n) is 16.5. The van der Waals surface area contributed by atoms with E-state index in [9.17, 15) is 18.8 Å². The minimum atomic E-state index is -0.993. The van der Waals surface area contributed by atoms with Crippen LogP contribution in [-0.2, 0) is 31.7 Å². The van der Waals surface area contributed by atoms with E-state index < -0.39 is 47.7 Å². The first-order chi connectivity index (χ1) is 23.5. The number of Topliss-reactive ketones (excluding diaryl/α,β-unsaturated/α-hetero) is 1. The van der Waals surface area contributed by atoms with Crippen LogP contribution in [0, 0.1) is 5.82 Å². The van der Waals surface area contributed by atoms with E-state index in [-0.39, 0.29) is 35.2 Å². The van der Waals surface area contributed by atoms with Gasteiger partial charge >= 0.3 is 13.1 Å². The van der Waals surface area contributed by atoms with E-state index in [1.807, 2.05) is 45.9 Å². The lowest BCUT2D eigenvalue weighted by molar-refractivity contribution is -0.123. The lowest BCUT2D eigenvalue weighted by atomic mass is 9.71. The molecular formula is C37H39BClFN4O6. The van der Waals surface area contributed by atoms with Crippen molar-refractivity contribution in [3.63, 3.8) is 0 Å². The second-order valence-corrected chi connectivity index (χ2v) is 15.0. The van der Waals surface area contributed by atoms with Crippen LogP contribution in [0.1, 0.15) is 92.0 Å². The van der Waals surface area contributed by atoms with Gasteiger partial charge in [-0.3, -0.25) is 9.59 Å². The molecule has 1 saturated heterocycles. The maximum atomic E-state index is 14.8. The lowest BCUT2D eigenvalue weighted by Crippen LogP contribution is -2.47. The molecule has 13 heteroatoms. The second-order valence-electron chi connectivity index (χ2n) is 14.6. The predicted molar refractivity (Wildman–Crippen MR) is 186 cm³/mol. The molecule has 1 fully saturated rings. The monoisotopic (exact) mass is 700 g/mol. The number of carbonyl (C=O) groups is 3. The van der Waals surface area contributed by atoms with E-state index in [1.165, 1.54) is 23.2 Å². The summed E-state index contributed by atoms with van der Waals surface area (Å²) in [6.07, 6.45) is 1.72. The van der Waals surface area contributed by atoms with E-state index in [4.69, 9.17) is 25.6 Å². The Hall–Kier alpha value is -4.39. The quantitative estimate of drug-likeness (QED) is 0.174. The van der Waals surface area contributed by atoms with Crippen LogP contribution in [0.15, 0.2) is 66.9 Å². The van der Waals surface area contributed by atoms with Crippen molar-refractivity contribution in [1.29, 1.82) is 0 Å². The van der Waals surface area contributed by atoms with Gasteiger partial charge in [0.2, 0.25) is 0 Å². The van der Waals surface area contributed by atoms with E-state index >= 15 is 0 Å². The largest absolute Gasteiger partial charge is 0.495 e. The highest BCUT2D eigenvalue weighted by molar-refractivity contribution is 6.62. The van der Waals surface area contributed by atoms with Gasteiger partial charge in [-0.05, 0) is 101 Å². The molecule has 0 radical (unpaired) electrons. The highest BCUT2D eigenvalue weighted by Gasteiger charge is 2.53. The van der Waals surface area contributed by atoms with Crippen molar-refractivity contribution in [2.45, 2.75) is 84.2 Å². The highest BCUT2D eigenvalue weighted by atomic mass is 35.5. The number of fused-ring (bicyclic) bond motifs is 1. The Labute approximate surface area is 296 Å². The average Bonchev–Trinajstić information content (AvgIpc) is 3.62. The molecule has 50 heavy (non-hydrogen) atoms. The average molecular weight is 701 g/mol. The van der Waals surface area contributed by atoms with Crippen molar-refractivity contribution in [2.75, 3.05) is 6.54 Å². The number of halogens is 2. The van der Waals surface area contributed by atoms with Gasteiger partial charge in [0.15, 0.2) is 17.3 Å². The molecule has 0 aliphatic carbocycles. The topological polar surface area (TPSA) is 113 Å². The standard InChI is InChI=1S/C37H39BClFN4O6/c1-35(2,3)48-34(47)23-16-14-22(15-17-23)20-30(45)32-25-10-8-11-26(38-49-36(4,5)37(6,7)50-38)24(25)18-19-43(32)33(46)28-21-44(42-41-28)29-13-9-12-27(39)31(29)40/h8-17,21,32H,18-20H2,1-7H3. The summed E-state index contributed by atoms with van der Waals surface area (Å²) in [5, 5.41) is 7.95. The molecule has 0 saturated carbocycles. The molecule has 1 aromatic heterocycles. The van der Waals surface area contributed by atoms with Crippen LogP contribution < -0.4 is 5.46 Å². The van der Waals surface area contributed by atoms with Crippen LogP contribution in [-0.4, -0.2) is 68.0 Å². The molecule has 0 bridgehead atoms. The van der Waals surface area contributed by atoms with Gasteiger partial charge in [-0.25, -0.2) is 13.9 Å². The van der Waals surface area contributed by atoms with E-state index in [2.05, 4.69) is 10.3 Å². The summed E-state index contributed by atoms with van der Waals surface area (Å²) in [5.74, 6) is -1.95. The molecule has 0 spiro atoms. The highest BCUT2D eigenvalue weighted by Crippen LogP contribution is 2.38. The number of aromatic nitrogens is 3. The number of amides is 1. The fourth-order valence-electron chi connectivity index (χ4n) is 6.14. The van der Waals surface area contributed by atoms with Crippen molar-refractivity contribution < 1.29 is 32.8 Å². The Balaban J connectivity index is 1.34. The van der Waals surface area contributed by atoms with Gasteiger partial charge < -0.3 is 18.9 Å². The first kappa shape index (κ1) is 35.4. The van der Waals surface area contributed by atoms with Crippen LogP contribution in [0.4, 0.5) is 4.39 Å². The number of benzene rings is 3. The van der Waals surface area contributed by atoms with Gasteiger partial charge in [0.25, 0.3) is 5.91 Å². The molecule has 1 unspecified atom stereocenters. The van der Waals surface area contributed by atoms with Crippen molar-refractivity contribution in [3.8, 4) is 5.69 Å². The van der Waals surface area contributed by atoms with Crippen molar-refractivity contribution >= 4 is 41.8 Å². The molecule has 6 rings (SSSR count). The van der Waals surface area contributed by atoms with Gasteiger partial charge in [-0.2, -0.15) is 0 Å². The van der Waals surface area contributed by atoms with Crippen LogP contribution in [0.3, 0.4) is 0 Å². The van der Waals surface area contributed by atoms with Gasteiger partial charge in [0.05, 0.1) is 28.0 Å². The second kappa shape index (κ2) is 13.1. The van der Waals surface area contributed by atoms with Crippen molar-refractivity contribution in [1.82, 2.24) is 19.9 Å². The van der Waals surface area contributed by atoms with E-state index in [0.29, 0.717) is 23.1 Å². The summed E-state index contributed by atoms with van der Waals surface area (Å²) in [6.45, 7) is 13.5. The zero-order valence-corrected chi connectivity index (χ0v) is 29.9. The van der Waals surface area contributed by atoms with Crippen LogP contribution in [0.2, 0.25) is 5.02 Å².